The maximum Gasteiger partial charge on any atom is 0.163 e. The highest BCUT2D eigenvalue weighted by atomic mass is 19.2. The first-order valence-electron chi connectivity index (χ1n) is 6.70. The van der Waals surface area contributed by atoms with Crippen LogP contribution in [0.3, 0.4) is 0 Å². The van der Waals surface area contributed by atoms with Gasteiger partial charge in [-0.1, -0.05) is 31.9 Å². The monoisotopic (exact) mass is 253 g/mol. The summed E-state index contributed by atoms with van der Waals surface area (Å²) in [6.07, 6.45) is 4.29. The molecule has 0 amide bonds. The van der Waals surface area contributed by atoms with Crippen LogP contribution in [-0.2, 0) is 0 Å². The number of hydrogen-bond acceptors (Lipinski definition) is 1. The molecule has 1 atom stereocenters. The second-order valence-corrected chi connectivity index (χ2v) is 5.65. The number of benzene rings is 1. The first-order valence-corrected chi connectivity index (χ1v) is 6.70. The Morgan fingerprint density at radius 3 is 2.33 bits per heavy atom. The van der Waals surface area contributed by atoms with Crippen molar-refractivity contribution in [2.24, 2.45) is 17.6 Å². The zero-order valence-corrected chi connectivity index (χ0v) is 11.0. The van der Waals surface area contributed by atoms with Crippen LogP contribution in [-0.4, -0.2) is 0 Å². The molecule has 1 aromatic rings. The molecule has 1 aromatic carbocycles. The van der Waals surface area contributed by atoms with E-state index < -0.39 is 11.6 Å². The minimum Gasteiger partial charge on any atom is -0.324 e. The summed E-state index contributed by atoms with van der Waals surface area (Å²) >= 11 is 0. The molecule has 0 saturated heterocycles. The van der Waals surface area contributed by atoms with Gasteiger partial charge in [-0.05, 0) is 37.2 Å². The van der Waals surface area contributed by atoms with Crippen molar-refractivity contribution in [1.82, 2.24) is 0 Å². The highest BCUT2D eigenvalue weighted by molar-refractivity contribution is 5.28. The maximum absolute atomic E-state index is 13.9. The molecule has 1 aliphatic carbocycles. The quantitative estimate of drug-likeness (QED) is 0.843. The molecule has 2 rings (SSSR count). The van der Waals surface area contributed by atoms with Gasteiger partial charge in [0.25, 0.3) is 0 Å². The molecule has 0 aliphatic heterocycles. The van der Waals surface area contributed by atoms with Crippen molar-refractivity contribution in [2.45, 2.75) is 45.6 Å². The van der Waals surface area contributed by atoms with Crippen LogP contribution in [0.2, 0.25) is 0 Å². The third kappa shape index (κ3) is 2.56. The summed E-state index contributed by atoms with van der Waals surface area (Å²) in [7, 11) is 0. The Morgan fingerprint density at radius 1 is 1.11 bits per heavy atom. The lowest BCUT2D eigenvalue weighted by Gasteiger charge is -2.31. The largest absolute Gasteiger partial charge is 0.324 e. The van der Waals surface area contributed by atoms with Gasteiger partial charge in [-0.25, -0.2) is 8.78 Å². The van der Waals surface area contributed by atoms with Crippen molar-refractivity contribution in [2.75, 3.05) is 0 Å². The van der Waals surface area contributed by atoms with Gasteiger partial charge in [0.15, 0.2) is 11.6 Å². The minimum atomic E-state index is -0.763. The Balaban J connectivity index is 2.18. The van der Waals surface area contributed by atoms with E-state index in [-0.39, 0.29) is 12.0 Å². The summed E-state index contributed by atoms with van der Waals surface area (Å²) in [4.78, 5) is 0. The van der Waals surface area contributed by atoms with Crippen LogP contribution < -0.4 is 5.73 Å². The van der Waals surface area contributed by atoms with Crippen LogP contribution in [0.4, 0.5) is 8.78 Å². The Morgan fingerprint density at radius 2 is 1.72 bits per heavy atom. The number of rotatable bonds is 2. The van der Waals surface area contributed by atoms with Crippen LogP contribution in [0.5, 0.6) is 0 Å². The van der Waals surface area contributed by atoms with E-state index in [0.717, 1.165) is 31.6 Å². The number of halogens is 2. The molecule has 2 N–H and O–H groups in total. The van der Waals surface area contributed by atoms with Gasteiger partial charge in [-0.2, -0.15) is 0 Å². The van der Waals surface area contributed by atoms with E-state index in [4.69, 9.17) is 5.73 Å². The Hall–Kier alpha value is -0.960. The van der Waals surface area contributed by atoms with Gasteiger partial charge >= 0.3 is 0 Å². The zero-order valence-electron chi connectivity index (χ0n) is 11.0. The molecular weight excluding hydrogens is 232 g/mol. The summed E-state index contributed by atoms with van der Waals surface area (Å²) in [5.41, 5.74) is 6.79. The van der Waals surface area contributed by atoms with Crippen molar-refractivity contribution < 1.29 is 8.78 Å². The van der Waals surface area contributed by atoms with Crippen molar-refractivity contribution in [3.8, 4) is 0 Å². The lowest BCUT2D eigenvalue weighted by atomic mass is 9.77. The van der Waals surface area contributed by atoms with E-state index in [9.17, 15) is 8.78 Å². The minimum absolute atomic E-state index is 0.276. The van der Waals surface area contributed by atoms with E-state index in [1.54, 1.807) is 19.1 Å². The van der Waals surface area contributed by atoms with E-state index >= 15 is 0 Å². The highest BCUT2D eigenvalue weighted by Gasteiger charge is 2.27. The molecule has 1 aliphatic rings. The van der Waals surface area contributed by atoms with Crippen molar-refractivity contribution in [3.05, 3.63) is 34.9 Å². The fourth-order valence-electron chi connectivity index (χ4n) is 2.82. The summed E-state index contributed by atoms with van der Waals surface area (Å²) in [6, 6.07) is 2.86. The summed E-state index contributed by atoms with van der Waals surface area (Å²) in [5, 5.41) is 0. The lowest BCUT2D eigenvalue weighted by molar-refractivity contribution is 0.252. The van der Waals surface area contributed by atoms with Gasteiger partial charge in [0.1, 0.15) is 0 Å². The predicted molar refractivity (Wildman–Crippen MR) is 69.1 cm³/mol. The van der Waals surface area contributed by atoms with Crippen molar-refractivity contribution >= 4 is 0 Å². The van der Waals surface area contributed by atoms with Gasteiger partial charge in [-0.3, -0.25) is 0 Å². The average molecular weight is 253 g/mol. The van der Waals surface area contributed by atoms with E-state index in [2.05, 4.69) is 6.92 Å². The molecule has 0 spiro atoms. The molecule has 3 heteroatoms. The molecule has 1 nitrogen and oxygen atoms in total. The average Bonchev–Trinajstić information content (AvgIpc) is 2.36. The third-order valence-corrected chi connectivity index (χ3v) is 4.23. The molecule has 1 saturated carbocycles. The van der Waals surface area contributed by atoms with Gasteiger partial charge in [0, 0.05) is 11.6 Å². The molecule has 1 unspecified atom stereocenters. The van der Waals surface area contributed by atoms with Crippen LogP contribution in [0, 0.1) is 30.4 Å². The molecule has 100 valence electrons. The standard InChI is InChI=1S/C15H21F2N/c1-9-3-6-11(7-4-9)15(18)12-8-5-10(2)13(16)14(12)17/h5,8-9,11,15H,3-4,6-7,18H2,1-2H3. The SMILES string of the molecule is Cc1ccc(C(N)C2CCC(C)CC2)c(F)c1F. The van der Waals surface area contributed by atoms with E-state index in [1.165, 1.54) is 0 Å². The van der Waals surface area contributed by atoms with Crippen molar-refractivity contribution in [3.63, 3.8) is 0 Å². The Kier molecular flexibility index (Phi) is 4.00. The zero-order chi connectivity index (χ0) is 13.3. The van der Waals surface area contributed by atoms with Crippen LogP contribution in [0.25, 0.3) is 0 Å². The highest BCUT2D eigenvalue weighted by Crippen LogP contribution is 2.36. The Labute approximate surface area is 107 Å². The van der Waals surface area contributed by atoms with Gasteiger partial charge in [0.05, 0.1) is 0 Å². The second kappa shape index (κ2) is 5.35. The van der Waals surface area contributed by atoms with Crippen LogP contribution >= 0.6 is 0 Å². The summed E-state index contributed by atoms with van der Waals surface area (Å²) < 4.78 is 27.4. The first-order chi connectivity index (χ1) is 8.50. The molecule has 0 aromatic heterocycles. The van der Waals surface area contributed by atoms with Crippen molar-refractivity contribution in [1.29, 1.82) is 0 Å². The van der Waals surface area contributed by atoms with Gasteiger partial charge in [0.2, 0.25) is 0 Å². The third-order valence-electron chi connectivity index (χ3n) is 4.23. The topological polar surface area (TPSA) is 26.0 Å². The smallest absolute Gasteiger partial charge is 0.163 e. The Bertz CT molecular complexity index is 423. The molecule has 1 fully saturated rings. The molecule has 0 bridgehead atoms. The van der Waals surface area contributed by atoms with E-state index in [0.29, 0.717) is 11.1 Å². The number of hydrogen-bond donors (Lipinski definition) is 1. The van der Waals surface area contributed by atoms with Gasteiger partial charge < -0.3 is 5.73 Å². The van der Waals surface area contributed by atoms with E-state index in [1.807, 2.05) is 0 Å². The van der Waals surface area contributed by atoms with Gasteiger partial charge in [-0.15, -0.1) is 0 Å². The summed E-state index contributed by atoms with van der Waals surface area (Å²) in [5.74, 6) is -0.515. The van der Waals surface area contributed by atoms with Crippen LogP contribution in [0.15, 0.2) is 12.1 Å². The summed E-state index contributed by atoms with van der Waals surface area (Å²) in [6.45, 7) is 3.80. The molecular formula is C15H21F2N. The lowest BCUT2D eigenvalue weighted by Crippen LogP contribution is -2.26. The fraction of sp³-hybridized carbons (Fsp3) is 0.600. The normalized spacial score (nSPS) is 26.1. The molecule has 18 heavy (non-hydrogen) atoms. The number of nitrogens with two attached hydrogens (primary N) is 1. The number of aryl methyl sites for hydroxylation is 1. The predicted octanol–water partition coefficient (Wildman–Crippen LogP) is 4.10. The fourth-order valence-corrected chi connectivity index (χ4v) is 2.82. The molecule has 0 radical (unpaired) electrons. The van der Waals surface area contributed by atoms with Crippen LogP contribution in [0.1, 0.15) is 49.8 Å². The maximum atomic E-state index is 13.9. The second-order valence-electron chi connectivity index (χ2n) is 5.65. The molecule has 0 heterocycles. The first kappa shape index (κ1) is 13.5.